The van der Waals surface area contributed by atoms with Gasteiger partial charge in [-0.15, -0.1) is 0 Å². The number of nitrogens with two attached hydrogens (primary N) is 1. The largest absolute Gasteiger partial charge is 0.457 e. The molecule has 1 atom stereocenters. The maximum absolute atomic E-state index is 6.13. The Kier molecular flexibility index (Phi) is 5.21. The molecule has 0 heterocycles. The zero-order chi connectivity index (χ0) is 15.4. The first-order valence-electron chi connectivity index (χ1n) is 6.88. The van der Waals surface area contributed by atoms with Gasteiger partial charge in [-0.3, -0.25) is 0 Å². The highest BCUT2D eigenvalue weighted by Crippen LogP contribution is 2.28. The van der Waals surface area contributed by atoms with Gasteiger partial charge in [-0.25, -0.2) is 0 Å². The Labute approximate surface area is 135 Å². The molecule has 2 rings (SSSR count). The van der Waals surface area contributed by atoms with E-state index >= 15 is 0 Å². The summed E-state index contributed by atoms with van der Waals surface area (Å²) >= 11 is 11.1. The molecule has 0 spiro atoms. The molecule has 0 amide bonds. The van der Waals surface area contributed by atoms with Crippen LogP contribution in [0.25, 0.3) is 0 Å². The molecule has 0 aliphatic rings. The third-order valence-corrected chi connectivity index (χ3v) is 4.04. The Morgan fingerprint density at radius 3 is 2.33 bits per heavy atom. The fourth-order valence-corrected chi connectivity index (χ4v) is 2.50. The molecule has 1 unspecified atom stereocenters. The van der Waals surface area contributed by atoms with Crippen LogP contribution in [0.4, 0.5) is 0 Å². The van der Waals surface area contributed by atoms with E-state index in [9.17, 15) is 0 Å². The number of halogens is 1. The number of thiocarbonyl (C=S) groups is 1. The van der Waals surface area contributed by atoms with E-state index in [0.29, 0.717) is 22.3 Å². The number of hydrogen-bond acceptors (Lipinski definition) is 2. The van der Waals surface area contributed by atoms with Crippen LogP contribution >= 0.6 is 23.8 Å². The van der Waals surface area contributed by atoms with Crippen molar-refractivity contribution < 1.29 is 4.74 Å². The van der Waals surface area contributed by atoms with Crippen LogP contribution in [-0.2, 0) is 0 Å². The molecular weight excluding hydrogens is 302 g/mol. The van der Waals surface area contributed by atoms with E-state index < -0.39 is 0 Å². The summed E-state index contributed by atoms with van der Waals surface area (Å²) in [7, 11) is 0. The molecule has 2 nitrogen and oxygen atoms in total. The van der Waals surface area contributed by atoms with Crippen LogP contribution in [-0.4, -0.2) is 4.99 Å². The van der Waals surface area contributed by atoms with E-state index in [1.165, 1.54) is 5.56 Å². The van der Waals surface area contributed by atoms with Crippen molar-refractivity contribution in [2.24, 2.45) is 5.73 Å². The number of rotatable bonds is 5. The van der Waals surface area contributed by atoms with Crippen molar-refractivity contribution in [3.05, 3.63) is 58.6 Å². The highest BCUT2D eigenvalue weighted by molar-refractivity contribution is 7.80. The van der Waals surface area contributed by atoms with Crippen molar-refractivity contribution in [3.63, 3.8) is 0 Å². The fraction of sp³-hybridized carbons (Fsp3) is 0.235. The standard InChI is InChI=1S/C17H18ClNOS/c1-3-11(2)12-4-6-13(7-5-12)20-14-8-9-15(17(19)21)16(18)10-14/h4-11H,3H2,1-2H3,(H2,19,21). The molecule has 4 heteroatoms. The minimum Gasteiger partial charge on any atom is -0.457 e. The average Bonchev–Trinajstić information content (AvgIpc) is 2.47. The van der Waals surface area contributed by atoms with Gasteiger partial charge in [0.2, 0.25) is 0 Å². The minimum atomic E-state index is 0.282. The Morgan fingerprint density at radius 2 is 1.81 bits per heavy atom. The molecule has 0 bridgehead atoms. The lowest BCUT2D eigenvalue weighted by atomic mass is 9.99. The van der Waals surface area contributed by atoms with Gasteiger partial charge in [0.25, 0.3) is 0 Å². The highest BCUT2D eigenvalue weighted by Gasteiger charge is 2.07. The molecule has 0 radical (unpaired) electrons. The first-order chi connectivity index (χ1) is 10.0. The summed E-state index contributed by atoms with van der Waals surface area (Å²) in [4.78, 5) is 0.282. The Bertz CT molecular complexity index is 640. The summed E-state index contributed by atoms with van der Waals surface area (Å²) in [5.41, 5.74) is 7.55. The molecule has 2 aromatic carbocycles. The lowest BCUT2D eigenvalue weighted by molar-refractivity contribution is 0.482. The normalized spacial score (nSPS) is 12.0. The van der Waals surface area contributed by atoms with Crippen LogP contribution in [0.1, 0.15) is 37.3 Å². The van der Waals surface area contributed by atoms with E-state index in [1.807, 2.05) is 18.2 Å². The van der Waals surface area contributed by atoms with Crippen LogP contribution in [0.5, 0.6) is 11.5 Å². The van der Waals surface area contributed by atoms with Gasteiger partial charge in [0.1, 0.15) is 16.5 Å². The van der Waals surface area contributed by atoms with E-state index in [4.69, 9.17) is 34.3 Å². The molecule has 0 aliphatic heterocycles. The van der Waals surface area contributed by atoms with Crippen LogP contribution in [0.15, 0.2) is 42.5 Å². The second kappa shape index (κ2) is 6.92. The summed E-state index contributed by atoms with van der Waals surface area (Å²) in [6, 6.07) is 13.4. The quantitative estimate of drug-likeness (QED) is 0.761. The number of ether oxygens (including phenoxy) is 1. The van der Waals surface area contributed by atoms with Crippen LogP contribution in [0, 0.1) is 0 Å². The monoisotopic (exact) mass is 319 g/mol. The lowest BCUT2D eigenvalue weighted by Gasteiger charge is -2.11. The molecule has 0 saturated heterocycles. The summed E-state index contributed by atoms with van der Waals surface area (Å²) in [5, 5.41) is 0.497. The maximum atomic E-state index is 6.13. The molecule has 2 N–H and O–H groups in total. The van der Waals surface area contributed by atoms with Crippen LogP contribution in [0.3, 0.4) is 0 Å². The van der Waals surface area contributed by atoms with E-state index in [2.05, 4.69) is 26.0 Å². The van der Waals surface area contributed by atoms with E-state index in [0.717, 1.165) is 12.2 Å². The number of hydrogen-bond donors (Lipinski definition) is 1. The van der Waals surface area contributed by atoms with Gasteiger partial charge in [0.15, 0.2) is 0 Å². The van der Waals surface area contributed by atoms with Gasteiger partial charge < -0.3 is 10.5 Å². The van der Waals surface area contributed by atoms with Crippen molar-refractivity contribution in [3.8, 4) is 11.5 Å². The molecular formula is C17H18ClNOS. The van der Waals surface area contributed by atoms with Crippen molar-refractivity contribution in [1.29, 1.82) is 0 Å². The van der Waals surface area contributed by atoms with Gasteiger partial charge in [-0.2, -0.15) is 0 Å². The predicted octanol–water partition coefficient (Wildman–Crippen LogP) is 5.28. The molecule has 0 saturated carbocycles. The SMILES string of the molecule is CCC(C)c1ccc(Oc2ccc(C(N)=S)c(Cl)c2)cc1. The molecule has 0 fully saturated rings. The summed E-state index contributed by atoms with van der Waals surface area (Å²) in [5.74, 6) is 2.00. The lowest BCUT2D eigenvalue weighted by Crippen LogP contribution is -2.09. The van der Waals surface area contributed by atoms with E-state index in [-0.39, 0.29) is 4.99 Å². The summed E-state index contributed by atoms with van der Waals surface area (Å²) in [6.07, 6.45) is 1.12. The number of benzene rings is 2. The third-order valence-electron chi connectivity index (χ3n) is 3.50. The van der Waals surface area contributed by atoms with Crippen molar-refractivity contribution in [1.82, 2.24) is 0 Å². The maximum Gasteiger partial charge on any atom is 0.128 e. The Hall–Kier alpha value is -1.58. The minimum absolute atomic E-state index is 0.282. The molecule has 2 aromatic rings. The molecule has 21 heavy (non-hydrogen) atoms. The van der Waals surface area contributed by atoms with Gasteiger partial charge in [-0.05, 0) is 42.2 Å². The second-order valence-corrected chi connectivity index (χ2v) is 5.83. The predicted molar refractivity (Wildman–Crippen MR) is 92.6 cm³/mol. The summed E-state index contributed by atoms with van der Waals surface area (Å²) < 4.78 is 5.79. The Morgan fingerprint density at radius 1 is 1.19 bits per heavy atom. The van der Waals surface area contributed by atoms with Gasteiger partial charge in [0, 0.05) is 11.6 Å². The topological polar surface area (TPSA) is 35.2 Å². The van der Waals surface area contributed by atoms with Gasteiger partial charge in [-0.1, -0.05) is 49.8 Å². The van der Waals surface area contributed by atoms with Gasteiger partial charge in [0.05, 0.1) is 5.02 Å². The van der Waals surface area contributed by atoms with Crippen molar-refractivity contribution in [2.45, 2.75) is 26.2 Å². The first kappa shape index (κ1) is 15.8. The molecule has 0 aromatic heterocycles. The smallest absolute Gasteiger partial charge is 0.128 e. The molecule has 0 aliphatic carbocycles. The Balaban J connectivity index is 2.15. The van der Waals surface area contributed by atoms with Crippen molar-refractivity contribution >= 4 is 28.8 Å². The zero-order valence-electron chi connectivity index (χ0n) is 12.1. The van der Waals surface area contributed by atoms with Gasteiger partial charge >= 0.3 is 0 Å². The average molecular weight is 320 g/mol. The fourth-order valence-electron chi connectivity index (χ4n) is 2.00. The molecule has 110 valence electrons. The van der Waals surface area contributed by atoms with Crippen LogP contribution in [0.2, 0.25) is 5.02 Å². The first-order valence-corrected chi connectivity index (χ1v) is 7.67. The zero-order valence-corrected chi connectivity index (χ0v) is 13.7. The van der Waals surface area contributed by atoms with Crippen molar-refractivity contribution in [2.75, 3.05) is 0 Å². The third kappa shape index (κ3) is 3.96. The highest BCUT2D eigenvalue weighted by atomic mass is 35.5. The van der Waals surface area contributed by atoms with Crippen LogP contribution < -0.4 is 10.5 Å². The van der Waals surface area contributed by atoms with E-state index in [1.54, 1.807) is 12.1 Å². The second-order valence-electron chi connectivity index (χ2n) is 4.99. The summed E-state index contributed by atoms with van der Waals surface area (Å²) in [6.45, 7) is 4.39.